The number of para-hydroxylation sites is 1. The van der Waals surface area contributed by atoms with E-state index in [-0.39, 0.29) is 5.52 Å². The molecule has 4 rings (SSSR count). The van der Waals surface area contributed by atoms with Gasteiger partial charge in [0.2, 0.25) is 10.0 Å². The number of sulfonamides is 1. The van der Waals surface area contributed by atoms with Crippen molar-refractivity contribution in [3.05, 3.63) is 60.2 Å². The summed E-state index contributed by atoms with van der Waals surface area (Å²) in [4.78, 5) is 8.46. The number of aromatic nitrogens is 2. The van der Waals surface area contributed by atoms with Gasteiger partial charge in [-0.1, -0.05) is 18.2 Å². The van der Waals surface area contributed by atoms with E-state index in [2.05, 4.69) is 15.3 Å². The summed E-state index contributed by atoms with van der Waals surface area (Å²) < 4.78 is 40.5. The van der Waals surface area contributed by atoms with Crippen LogP contribution in [0.1, 0.15) is 18.4 Å². The van der Waals surface area contributed by atoms with Gasteiger partial charge >= 0.3 is 0 Å². The lowest BCUT2D eigenvalue weighted by Crippen LogP contribution is -2.27. The molecule has 2 heterocycles. The molecule has 0 unspecified atom stereocenters. The number of nitrogens with one attached hydrogen (secondary N) is 1. The van der Waals surface area contributed by atoms with Crippen LogP contribution in [0.15, 0.2) is 53.7 Å². The predicted molar refractivity (Wildman–Crippen MR) is 101 cm³/mol. The first-order chi connectivity index (χ1) is 13.1. The Balaban J connectivity index is 1.51. The van der Waals surface area contributed by atoms with E-state index in [1.165, 1.54) is 16.7 Å². The summed E-state index contributed by atoms with van der Waals surface area (Å²) in [7, 11) is -3.41. The average molecular weight is 386 g/mol. The third-order valence-corrected chi connectivity index (χ3v) is 6.61. The van der Waals surface area contributed by atoms with Crippen molar-refractivity contribution in [3.8, 4) is 0 Å². The van der Waals surface area contributed by atoms with Crippen LogP contribution < -0.4 is 5.32 Å². The van der Waals surface area contributed by atoms with Crippen molar-refractivity contribution in [3.63, 3.8) is 0 Å². The van der Waals surface area contributed by atoms with Gasteiger partial charge < -0.3 is 5.32 Å². The molecule has 0 atom stereocenters. The monoisotopic (exact) mass is 386 g/mol. The van der Waals surface area contributed by atoms with Crippen molar-refractivity contribution < 1.29 is 12.8 Å². The quantitative estimate of drug-likeness (QED) is 0.729. The molecule has 1 saturated heterocycles. The zero-order valence-corrected chi connectivity index (χ0v) is 15.4. The van der Waals surface area contributed by atoms with Crippen molar-refractivity contribution in [2.24, 2.45) is 0 Å². The average Bonchev–Trinajstić information content (AvgIpc) is 3.23. The zero-order chi connectivity index (χ0) is 18.9. The maximum Gasteiger partial charge on any atom is 0.243 e. The number of rotatable bonds is 5. The molecular weight excluding hydrogens is 367 g/mol. The first kappa shape index (κ1) is 17.8. The highest BCUT2D eigenvalue weighted by Gasteiger charge is 2.26. The number of anilines is 1. The lowest BCUT2D eigenvalue weighted by atomic mass is 10.2. The fourth-order valence-corrected chi connectivity index (χ4v) is 4.75. The third-order valence-electron chi connectivity index (χ3n) is 4.70. The van der Waals surface area contributed by atoms with Crippen LogP contribution in [-0.2, 0) is 16.6 Å². The molecule has 6 nitrogen and oxygen atoms in total. The molecule has 1 aliphatic rings. The van der Waals surface area contributed by atoms with E-state index in [1.807, 2.05) is 0 Å². The Hall–Kier alpha value is -2.58. The molecule has 0 bridgehead atoms. The molecule has 0 spiro atoms. The summed E-state index contributed by atoms with van der Waals surface area (Å²) in [6, 6.07) is 11.5. The summed E-state index contributed by atoms with van der Waals surface area (Å²) in [6.07, 6.45) is 3.14. The number of hydrogen-bond donors (Lipinski definition) is 1. The molecule has 1 aromatic heterocycles. The molecule has 0 radical (unpaired) electrons. The van der Waals surface area contributed by atoms with E-state index < -0.39 is 15.8 Å². The van der Waals surface area contributed by atoms with E-state index in [1.54, 1.807) is 36.4 Å². The van der Waals surface area contributed by atoms with Crippen molar-refractivity contribution in [2.45, 2.75) is 24.3 Å². The van der Waals surface area contributed by atoms with Crippen LogP contribution in [0.25, 0.3) is 10.9 Å². The van der Waals surface area contributed by atoms with Crippen LogP contribution in [0.2, 0.25) is 0 Å². The van der Waals surface area contributed by atoms with E-state index in [0.717, 1.165) is 18.4 Å². The maximum absolute atomic E-state index is 13.8. The number of nitrogens with zero attached hydrogens (tertiary/aromatic N) is 3. The lowest BCUT2D eigenvalue weighted by Gasteiger charge is -2.15. The van der Waals surface area contributed by atoms with Crippen LogP contribution in [-0.4, -0.2) is 35.8 Å². The van der Waals surface area contributed by atoms with Crippen molar-refractivity contribution in [2.75, 3.05) is 18.4 Å². The number of hydrogen-bond acceptors (Lipinski definition) is 5. The minimum absolute atomic E-state index is 0.266. The summed E-state index contributed by atoms with van der Waals surface area (Å²) in [5.74, 6) is 0.141. The Bertz CT molecular complexity index is 1060. The van der Waals surface area contributed by atoms with Gasteiger partial charge in [-0.05, 0) is 42.7 Å². The van der Waals surface area contributed by atoms with Crippen LogP contribution in [0.5, 0.6) is 0 Å². The molecule has 0 amide bonds. The number of fused-ring (bicyclic) bond motifs is 1. The van der Waals surface area contributed by atoms with Gasteiger partial charge in [0, 0.05) is 25.0 Å². The lowest BCUT2D eigenvalue weighted by molar-refractivity contribution is 0.477. The van der Waals surface area contributed by atoms with Gasteiger partial charge in [-0.15, -0.1) is 0 Å². The van der Waals surface area contributed by atoms with Gasteiger partial charge in [0.25, 0.3) is 0 Å². The molecule has 1 aliphatic heterocycles. The Kier molecular flexibility index (Phi) is 4.75. The molecule has 2 aromatic carbocycles. The number of benzene rings is 2. The first-order valence-electron chi connectivity index (χ1n) is 8.78. The summed E-state index contributed by atoms with van der Waals surface area (Å²) in [6.45, 7) is 1.61. The van der Waals surface area contributed by atoms with Crippen molar-refractivity contribution in [1.29, 1.82) is 0 Å². The third kappa shape index (κ3) is 3.50. The largest absolute Gasteiger partial charge is 0.365 e. The normalized spacial score (nSPS) is 15.3. The second-order valence-corrected chi connectivity index (χ2v) is 8.40. The zero-order valence-electron chi connectivity index (χ0n) is 14.6. The molecule has 140 valence electrons. The van der Waals surface area contributed by atoms with Gasteiger partial charge in [-0.3, -0.25) is 0 Å². The SMILES string of the molecule is O=S(=O)(c1ccc(CNc2ncnc3c(F)cccc23)cc1)N1CCCC1. The van der Waals surface area contributed by atoms with Crippen molar-refractivity contribution >= 4 is 26.7 Å². The smallest absolute Gasteiger partial charge is 0.243 e. The molecule has 0 saturated carbocycles. The van der Waals surface area contributed by atoms with E-state index in [0.29, 0.717) is 35.7 Å². The topological polar surface area (TPSA) is 75.2 Å². The second kappa shape index (κ2) is 7.21. The van der Waals surface area contributed by atoms with Crippen LogP contribution >= 0.6 is 0 Å². The minimum atomic E-state index is -3.41. The fraction of sp³-hybridized carbons (Fsp3) is 0.263. The van der Waals surface area contributed by atoms with E-state index >= 15 is 0 Å². The Morgan fingerprint density at radius 3 is 2.52 bits per heavy atom. The predicted octanol–water partition coefficient (Wildman–Crippen LogP) is 3.17. The molecule has 1 fully saturated rings. The minimum Gasteiger partial charge on any atom is -0.365 e. The van der Waals surface area contributed by atoms with Crippen LogP contribution in [0.3, 0.4) is 0 Å². The Morgan fingerprint density at radius 1 is 1.04 bits per heavy atom. The highest BCUT2D eigenvalue weighted by Crippen LogP contribution is 2.23. The second-order valence-electron chi connectivity index (χ2n) is 6.47. The molecule has 0 aliphatic carbocycles. The van der Waals surface area contributed by atoms with E-state index in [9.17, 15) is 12.8 Å². The maximum atomic E-state index is 13.8. The molecule has 27 heavy (non-hydrogen) atoms. The van der Waals surface area contributed by atoms with Gasteiger partial charge in [0.15, 0.2) is 0 Å². The summed E-state index contributed by atoms with van der Waals surface area (Å²) >= 11 is 0. The molecule has 1 N–H and O–H groups in total. The summed E-state index contributed by atoms with van der Waals surface area (Å²) in [5, 5.41) is 3.77. The molecule has 3 aromatic rings. The summed E-state index contributed by atoms with van der Waals surface area (Å²) in [5.41, 5.74) is 1.17. The van der Waals surface area contributed by atoms with E-state index in [4.69, 9.17) is 0 Å². The van der Waals surface area contributed by atoms with Crippen molar-refractivity contribution in [1.82, 2.24) is 14.3 Å². The van der Waals surface area contributed by atoms with Gasteiger partial charge in [-0.25, -0.2) is 22.8 Å². The van der Waals surface area contributed by atoms with Gasteiger partial charge in [0.1, 0.15) is 23.5 Å². The van der Waals surface area contributed by atoms with Gasteiger partial charge in [0.05, 0.1) is 4.90 Å². The highest BCUT2D eigenvalue weighted by atomic mass is 32.2. The van der Waals surface area contributed by atoms with Crippen LogP contribution in [0, 0.1) is 5.82 Å². The Labute approximate surface area is 157 Å². The Morgan fingerprint density at radius 2 is 1.78 bits per heavy atom. The molecular formula is C19H19FN4O2S. The van der Waals surface area contributed by atoms with Crippen LogP contribution in [0.4, 0.5) is 10.2 Å². The standard InChI is InChI=1S/C19H19FN4O2S/c20-17-5-3-4-16-18(17)22-13-23-19(16)21-12-14-6-8-15(9-7-14)27(25,26)24-10-1-2-11-24/h3-9,13H,1-2,10-12H2,(H,21,22,23). The fourth-order valence-electron chi connectivity index (χ4n) is 3.23. The highest BCUT2D eigenvalue weighted by molar-refractivity contribution is 7.89. The molecule has 8 heteroatoms. The first-order valence-corrected chi connectivity index (χ1v) is 10.2. The number of halogens is 1. The van der Waals surface area contributed by atoms with Gasteiger partial charge in [-0.2, -0.15) is 4.31 Å².